The lowest BCUT2D eigenvalue weighted by Gasteiger charge is -2.45. The van der Waals surface area contributed by atoms with Gasteiger partial charge in [-0.15, -0.1) is 0 Å². The summed E-state index contributed by atoms with van der Waals surface area (Å²) in [6.45, 7) is 6.93. The second-order valence-electron chi connectivity index (χ2n) is 7.23. The molecule has 1 saturated carbocycles. The molecule has 0 atom stereocenters. The summed E-state index contributed by atoms with van der Waals surface area (Å²) in [5, 5.41) is 0. The van der Waals surface area contributed by atoms with Gasteiger partial charge in [0.1, 0.15) is 5.78 Å². The van der Waals surface area contributed by atoms with Crippen LogP contribution < -0.4 is 0 Å². The van der Waals surface area contributed by atoms with E-state index in [1.54, 1.807) is 19.1 Å². The minimum Gasteiger partial charge on any atom is -0.300 e. The average Bonchev–Trinajstić information content (AvgIpc) is 2.23. The molecule has 0 heterocycles. The van der Waals surface area contributed by atoms with Gasteiger partial charge in [-0.05, 0) is 49.1 Å². The number of halogens is 2. The number of hydrogen-bond acceptors (Lipinski definition) is 1. The van der Waals surface area contributed by atoms with Crippen LogP contribution in [0.4, 0.5) is 8.78 Å². The minimum atomic E-state index is -2.80. The molecule has 1 aromatic rings. The largest absolute Gasteiger partial charge is 0.300 e. The van der Waals surface area contributed by atoms with Crippen LogP contribution in [0.25, 0.3) is 0 Å². The van der Waals surface area contributed by atoms with E-state index in [1.807, 2.05) is 6.07 Å². The van der Waals surface area contributed by atoms with Gasteiger partial charge in [0.05, 0.1) is 0 Å². The van der Waals surface area contributed by atoms with Crippen molar-refractivity contribution in [1.82, 2.24) is 0 Å². The predicted octanol–water partition coefficient (Wildman–Crippen LogP) is 4.98. The fraction of sp³-hybridized carbons (Fsp3) is 0.611. The van der Waals surface area contributed by atoms with Crippen molar-refractivity contribution in [2.75, 3.05) is 0 Å². The van der Waals surface area contributed by atoms with E-state index < -0.39 is 5.92 Å². The molecule has 3 heteroatoms. The quantitative estimate of drug-likeness (QED) is 0.748. The second-order valence-corrected chi connectivity index (χ2v) is 7.23. The van der Waals surface area contributed by atoms with Gasteiger partial charge in [-0.3, -0.25) is 4.79 Å². The molecule has 1 aromatic carbocycles. The molecule has 0 aromatic heterocycles. The van der Waals surface area contributed by atoms with Crippen LogP contribution in [0.2, 0.25) is 0 Å². The molecule has 0 aliphatic heterocycles. The second kappa shape index (κ2) is 5.51. The van der Waals surface area contributed by atoms with E-state index in [4.69, 9.17) is 0 Å². The van der Waals surface area contributed by atoms with E-state index in [9.17, 15) is 13.6 Å². The molecule has 2 rings (SSSR count). The maximum atomic E-state index is 13.4. The number of carbonyl (C=O) groups excluding carboxylic acids is 1. The van der Waals surface area contributed by atoms with Gasteiger partial charge in [0.25, 0.3) is 5.92 Å². The van der Waals surface area contributed by atoms with Gasteiger partial charge in [0, 0.05) is 18.4 Å². The van der Waals surface area contributed by atoms with Crippen LogP contribution in [0.15, 0.2) is 24.3 Å². The Bertz CT molecular complexity index is 522. The first-order chi connectivity index (χ1) is 9.59. The molecule has 0 amide bonds. The number of ketones is 1. The Morgan fingerprint density at radius 1 is 1.24 bits per heavy atom. The fourth-order valence-electron chi connectivity index (χ4n) is 3.21. The Kier molecular flexibility index (Phi) is 4.23. The monoisotopic (exact) mass is 294 g/mol. The zero-order valence-corrected chi connectivity index (χ0v) is 13.2. The average molecular weight is 294 g/mol. The highest BCUT2D eigenvalue weighted by atomic mass is 19.3. The third-order valence-corrected chi connectivity index (χ3v) is 4.91. The van der Waals surface area contributed by atoms with Crippen LogP contribution in [0.5, 0.6) is 0 Å². The molecule has 0 bridgehead atoms. The maximum absolute atomic E-state index is 13.4. The van der Waals surface area contributed by atoms with Crippen LogP contribution in [-0.2, 0) is 17.1 Å². The van der Waals surface area contributed by atoms with Gasteiger partial charge in [-0.25, -0.2) is 8.78 Å². The molecule has 0 spiro atoms. The Morgan fingerprint density at radius 2 is 1.86 bits per heavy atom. The van der Waals surface area contributed by atoms with Gasteiger partial charge < -0.3 is 0 Å². The molecule has 1 nitrogen and oxygen atoms in total. The van der Waals surface area contributed by atoms with Crippen LogP contribution >= 0.6 is 0 Å². The summed E-state index contributed by atoms with van der Waals surface area (Å²) in [6, 6.07) is 6.71. The zero-order chi connectivity index (χ0) is 15.8. The van der Waals surface area contributed by atoms with Gasteiger partial charge in [0.15, 0.2) is 0 Å². The molecule has 21 heavy (non-hydrogen) atoms. The summed E-state index contributed by atoms with van der Waals surface area (Å²) in [4.78, 5) is 11.3. The molecule has 1 aliphatic carbocycles. The number of Topliss-reactive ketones (excluding diaryl/α,β-unsaturated/α-hetero) is 1. The number of benzene rings is 1. The number of carbonyl (C=O) groups is 1. The summed E-state index contributed by atoms with van der Waals surface area (Å²) in [5.41, 5.74) is 1.06. The molecule has 0 radical (unpaired) electrons. The lowest BCUT2D eigenvalue weighted by atomic mass is 9.59. The van der Waals surface area contributed by atoms with Crippen molar-refractivity contribution in [1.29, 1.82) is 0 Å². The third-order valence-electron chi connectivity index (χ3n) is 4.91. The molecule has 1 aliphatic rings. The SMILES string of the molecule is CC(=O)C1CC(C(C)(C)Cc2cccc(C(C)(F)F)c2)C1. The van der Waals surface area contributed by atoms with Crippen molar-refractivity contribution in [3.8, 4) is 0 Å². The third kappa shape index (κ3) is 3.69. The molecule has 1 fully saturated rings. The number of rotatable bonds is 5. The van der Waals surface area contributed by atoms with Gasteiger partial charge in [0.2, 0.25) is 0 Å². The normalized spacial score (nSPS) is 22.8. The Morgan fingerprint density at radius 3 is 2.38 bits per heavy atom. The molecule has 0 N–H and O–H groups in total. The summed E-state index contributed by atoms with van der Waals surface area (Å²) >= 11 is 0. The highest BCUT2D eigenvalue weighted by molar-refractivity contribution is 5.79. The minimum absolute atomic E-state index is 0.0353. The summed E-state index contributed by atoms with van der Waals surface area (Å²) in [6.07, 6.45) is 2.64. The Balaban J connectivity index is 2.06. The molecular formula is C18H24F2O. The maximum Gasteiger partial charge on any atom is 0.270 e. The standard InChI is InChI=1S/C18H24F2O/c1-12(21)14-9-16(10-14)17(2,3)11-13-6-5-7-15(8-13)18(4,19)20/h5-8,14,16H,9-11H2,1-4H3. The van der Waals surface area contributed by atoms with E-state index in [1.165, 1.54) is 6.07 Å². The Labute approximate surface area is 125 Å². The van der Waals surface area contributed by atoms with E-state index in [0.717, 1.165) is 31.7 Å². The molecule has 0 unspecified atom stereocenters. The van der Waals surface area contributed by atoms with E-state index in [0.29, 0.717) is 5.92 Å². The van der Waals surface area contributed by atoms with Crippen molar-refractivity contribution in [3.63, 3.8) is 0 Å². The first-order valence-corrected chi connectivity index (χ1v) is 7.57. The Hall–Kier alpha value is -1.25. The predicted molar refractivity (Wildman–Crippen MR) is 80.4 cm³/mol. The van der Waals surface area contributed by atoms with Crippen molar-refractivity contribution in [2.45, 2.75) is 52.9 Å². The van der Waals surface area contributed by atoms with E-state index in [2.05, 4.69) is 13.8 Å². The summed E-state index contributed by atoms with van der Waals surface area (Å²) in [7, 11) is 0. The molecule has 0 saturated heterocycles. The first-order valence-electron chi connectivity index (χ1n) is 7.57. The lowest BCUT2D eigenvalue weighted by molar-refractivity contribution is -0.126. The smallest absolute Gasteiger partial charge is 0.270 e. The molecule has 116 valence electrons. The van der Waals surface area contributed by atoms with Crippen molar-refractivity contribution < 1.29 is 13.6 Å². The van der Waals surface area contributed by atoms with Crippen LogP contribution in [0, 0.1) is 17.3 Å². The van der Waals surface area contributed by atoms with Crippen molar-refractivity contribution in [2.24, 2.45) is 17.3 Å². The van der Waals surface area contributed by atoms with Crippen molar-refractivity contribution >= 4 is 5.78 Å². The zero-order valence-electron chi connectivity index (χ0n) is 13.2. The van der Waals surface area contributed by atoms with Crippen LogP contribution in [-0.4, -0.2) is 5.78 Å². The van der Waals surface area contributed by atoms with Crippen LogP contribution in [0.1, 0.15) is 51.7 Å². The van der Waals surface area contributed by atoms with Gasteiger partial charge in [-0.1, -0.05) is 32.0 Å². The molecular weight excluding hydrogens is 270 g/mol. The fourth-order valence-corrected chi connectivity index (χ4v) is 3.21. The topological polar surface area (TPSA) is 17.1 Å². The first kappa shape index (κ1) is 16.1. The van der Waals surface area contributed by atoms with Gasteiger partial charge >= 0.3 is 0 Å². The van der Waals surface area contributed by atoms with E-state index >= 15 is 0 Å². The highest BCUT2D eigenvalue weighted by Crippen LogP contribution is 2.47. The van der Waals surface area contributed by atoms with Crippen molar-refractivity contribution in [3.05, 3.63) is 35.4 Å². The highest BCUT2D eigenvalue weighted by Gasteiger charge is 2.41. The summed E-state index contributed by atoms with van der Waals surface area (Å²) < 4.78 is 26.8. The van der Waals surface area contributed by atoms with Crippen LogP contribution in [0.3, 0.4) is 0 Å². The number of alkyl halides is 2. The number of hydrogen-bond donors (Lipinski definition) is 0. The summed E-state index contributed by atoms with van der Waals surface area (Å²) in [5.74, 6) is -1.82. The lowest BCUT2D eigenvalue weighted by Crippen LogP contribution is -2.39. The van der Waals surface area contributed by atoms with E-state index in [-0.39, 0.29) is 22.7 Å². The van der Waals surface area contributed by atoms with Gasteiger partial charge in [-0.2, -0.15) is 0 Å².